The molecule has 2 atom stereocenters. The van der Waals surface area contributed by atoms with Gasteiger partial charge in [0.15, 0.2) is 0 Å². The normalized spacial score (nSPS) is 17.2. The van der Waals surface area contributed by atoms with Crippen molar-refractivity contribution in [1.29, 1.82) is 0 Å². The fraction of sp³-hybridized carbons (Fsp3) is 0.967. The zero-order chi connectivity index (χ0) is 28.3. The van der Waals surface area contributed by atoms with Crippen LogP contribution in [0.5, 0.6) is 0 Å². The first-order chi connectivity index (χ1) is 18.4. The molecule has 1 saturated heterocycles. The van der Waals surface area contributed by atoms with Crippen molar-refractivity contribution >= 4 is 27.5 Å². The number of amides is 1. The molecule has 0 saturated carbocycles. The lowest BCUT2D eigenvalue weighted by atomic mass is 10.1. The van der Waals surface area contributed by atoms with Crippen molar-refractivity contribution in [3.63, 3.8) is 0 Å². The van der Waals surface area contributed by atoms with Crippen LogP contribution in [0.4, 0.5) is 0 Å². The molecule has 6 nitrogen and oxygen atoms in total. The summed E-state index contributed by atoms with van der Waals surface area (Å²) in [5, 5.41) is 2.99. The summed E-state index contributed by atoms with van der Waals surface area (Å²) in [5.41, 5.74) is 0. The summed E-state index contributed by atoms with van der Waals surface area (Å²) in [7, 11) is 5.47. The number of hydrogen-bond donors (Lipinski definition) is 1. The van der Waals surface area contributed by atoms with Crippen molar-refractivity contribution < 1.29 is 23.7 Å². The summed E-state index contributed by atoms with van der Waals surface area (Å²) in [6.45, 7) is 13.9. The SMILES string of the molecule is CCCCCCCCCCCCSSCCC(=O)NCCCOC1COCC1OC(C)C.COCC(C)C. The Balaban J connectivity index is 0.00000203. The van der Waals surface area contributed by atoms with E-state index in [2.05, 4.69) is 26.1 Å². The fourth-order valence-corrected chi connectivity index (χ4v) is 6.14. The van der Waals surface area contributed by atoms with Crippen molar-refractivity contribution in [2.75, 3.05) is 51.6 Å². The van der Waals surface area contributed by atoms with Gasteiger partial charge >= 0.3 is 0 Å². The first-order valence-electron chi connectivity index (χ1n) is 15.2. The smallest absolute Gasteiger partial charge is 0.220 e. The van der Waals surface area contributed by atoms with E-state index in [0.717, 1.165) is 18.8 Å². The Morgan fingerprint density at radius 3 is 2.05 bits per heavy atom. The molecule has 38 heavy (non-hydrogen) atoms. The van der Waals surface area contributed by atoms with Crippen LogP contribution in [0.3, 0.4) is 0 Å². The lowest BCUT2D eigenvalue weighted by Gasteiger charge is -2.21. The Kier molecular flexibility index (Phi) is 28.5. The molecule has 1 aliphatic rings. The Morgan fingerprint density at radius 2 is 1.47 bits per heavy atom. The molecular formula is C30H61NO5S2. The van der Waals surface area contributed by atoms with Gasteiger partial charge < -0.3 is 24.3 Å². The van der Waals surface area contributed by atoms with Gasteiger partial charge in [-0.15, -0.1) is 0 Å². The molecule has 1 N–H and O–H groups in total. The van der Waals surface area contributed by atoms with Crippen LogP contribution in [-0.2, 0) is 23.7 Å². The Hall–Kier alpha value is 0.01000. The monoisotopic (exact) mass is 579 g/mol. The van der Waals surface area contributed by atoms with Crippen LogP contribution in [0, 0.1) is 5.92 Å². The third-order valence-corrected chi connectivity index (χ3v) is 8.47. The molecule has 0 aliphatic carbocycles. The average molecular weight is 580 g/mol. The molecule has 0 bridgehead atoms. The highest BCUT2D eigenvalue weighted by Gasteiger charge is 2.30. The van der Waals surface area contributed by atoms with Crippen LogP contribution in [0.1, 0.15) is 112 Å². The van der Waals surface area contributed by atoms with E-state index in [1.807, 2.05) is 35.4 Å². The van der Waals surface area contributed by atoms with Gasteiger partial charge in [0.1, 0.15) is 12.2 Å². The zero-order valence-electron chi connectivity index (χ0n) is 25.6. The average Bonchev–Trinajstić information content (AvgIpc) is 3.30. The topological polar surface area (TPSA) is 66.0 Å². The minimum atomic E-state index is 0.0112. The summed E-state index contributed by atoms with van der Waals surface area (Å²) < 4.78 is 21.9. The van der Waals surface area contributed by atoms with E-state index in [4.69, 9.17) is 18.9 Å². The molecule has 1 amide bonds. The molecule has 0 aromatic carbocycles. The maximum atomic E-state index is 11.9. The van der Waals surface area contributed by atoms with Gasteiger partial charge in [-0.3, -0.25) is 4.79 Å². The van der Waals surface area contributed by atoms with Crippen molar-refractivity contribution in [2.45, 2.75) is 130 Å². The predicted octanol–water partition coefficient (Wildman–Crippen LogP) is 7.68. The molecule has 8 heteroatoms. The lowest BCUT2D eigenvalue weighted by molar-refractivity contribution is -0.120. The summed E-state index contributed by atoms with van der Waals surface area (Å²) in [6, 6.07) is 0. The van der Waals surface area contributed by atoms with Gasteiger partial charge in [0, 0.05) is 44.8 Å². The van der Waals surface area contributed by atoms with E-state index in [1.54, 1.807) is 7.11 Å². The van der Waals surface area contributed by atoms with Gasteiger partial charge in [0.2, 0.25) is 5.91 Å². The molecule has 0 aromatic rings. The molecule has 1 fully saturated rings. The standard InChI is InChI=1S/C25H49NO4S2.C5H12O/c1-4-5-6-7-8-9-10-11-12-13-18-31-32-19-15-25(27)26-16-14-17-29-23-20-28-21-24(23)30-22(2)3;1-5(2)4-6-3/h22-24H,4-21H2,1-3H3,(H,26,27);5H,4H2,1-3H3. The van der Waals surface area contributed by atoms with Gasteiger partial charge in [-0.2, -0.15) is 0 Å². The first-order valence-corrected chi connectivity index (χ1v) is 17.7. The second-order valence-electron chi connectivity index (χ2n) is 10.8. The molecule has 0 spiro atoms. The molecule has 1 aliphatic heterocycles. The van der Waals surface area contributed by atoms with Crippen LogP contribution in [0.15, 0.2) is 0 Å². The van der Waals surface area contributed by atoms with Crippen molar-refractivity contribution in [3.8, 4) is 0 Å². The Bertz CT molecular complexity index is 511. The van der Waals surface area contributed by atoms with Crippen LogP contribution in [0.2, 0.25) is 0 Å². The largest absolute Gasteiger partial charge is 0.384 e. The molecule has 1 heterocycles. The van der Waals surface area contributed by atoms with Gasteiger partial charge in [0.25, 0.3) is 0 Å². The summed E-state index contributed by atoms with van der Waals surface area (Å²) in [4.78, 5) is 11.9. The van der Waals surface area contributed by atoms with E-state index >= 15 is 0 Å². The number of nitrogens with one attached hydrogen (secondary N) is 1. The molecule has 1 rings (SSSR count). The number of carbonyl (C=O) groups is 1. The fourth-order valence-electron chi connectivity index (χ4n) is 4.00. The van der Waals surface area contributed by atoms with Crippen LogP contribution in [-0.4, -0.2) is 75.8 Å². The van der Waals surface area contributed by atoms with E-state index in [-0.39, 0.29) is 24.2 Å². The van der Waals surface area contributed by atoms with E-state index in [1.165, 1.54) is 70.0 Å². The maximum Gasteiger partial charge on any atom is 0.220 e. The summed E-state index contributed by atoms with van der Waals surface area (Å²) in [6.07, 6.45) is 15.5. The van der Waals surface area contributed by atoms with Crippen LogP contribution >= 0.6 is 21.6 Å². The van der Waals surface area contributed by atoms with Crippen molar-refractivity contribution in [2.24, 2.45) is 5.92 Å². The van der Waals surface area contributed by atoms with Gasteiger partial charge in [-0.05, 0) is 32.6 Å². The third-order valence-electron chi connectivity index (χ3n) is 5.98. The van der Waals surface area contributed by atoms with Crippen molar-refractivity contribution in [3.05, 3.63) is 0 Å². The highest BCUT2D eigenvalue weighted by Crippen LogP contribution is 2.24. The van der Waals surface area contributed by atoms with Gasteiger partial charge in [-0.25, -0.2) is 0 Å². The Labute approximate surface area is 243 Å². The number of ether oxygens (including phenoxy) is 4. The number of unbranched alkanes of at least 4 members (excludes halogenated alkanes) is 9. The van der Waals surface area contributed by atoms with Crippen LogP contribution < -0.4 is 5.32 Å². The highest BCUT2D eigenvalue weighted by molar-refractivity contribution is 8.76. The zero-order valence-corrected chi connectivity index (χ0v) is 27.2. The van der Waals surface area contributed by atoms with E-state index in [9.17, 15) is 4.79 Å². The summed E-state index contributed by atoms with van der Waals surface area (Å²) in [5.74, 6) is 2.91. The molecular weight excluding hydrogens is 518 g/mol. The second kappa shape index (κ2) is 28.5. The number of carbonyl (C=O) groups excluding carboxylic acids is 1. The highest BCUT2D eigenvalue weighted by atomic mass is 33.1. The molecule has 0 aromatic heterocycles. The second-order valence-corrected chi connectivity index (χ2v) is 13.5. The third kappa shape index (κ3) is 26.2. The predicted molar refractivity (Wildman–Crippen MR) is 166 cm³/mol. The molecule has 228 valence electrons. The quantitative estimate of drug-likeness (QED) is 0.0929. The maximum absolute atomic E-state index is 11.9. The summed E-state index contributed by atoms with van der Waals surface area (Å²) >= 11 is 0. The van der Waals surface area contributed by atoms with Gasteiger partial charge in [-0.1, -0.05) is 100 Å². The molecule has 0 radical (unpaired) electrons. The minimum absolute atomic E-state index is 0.0112. The van der Waals surface area contributed by atoms with Gasteiger partial charge in [0.05, 0.1) is 19.3 Å². The first kappa shape index (κ1) is 38.0. The lowest BCUT2D eigenvalue weighted by Crippen LogP contribution is -2.33. The number of methoxy groups -OCH3 is 1. The van der Waals surface area contributed by atoms with Crippen LogP contribution in [0.25, 0.3) is 0 Å². The number of rotatable bonds is 24. The Morgan fingerprint density at radius 1 is 0.868 bits per heavy atom. The molecule has 2 unspecified atom stereocenters. The van der Waals surface area contributed by atoms with Crippen molar-refractivity contribution in [1.82, 2.24) is 5.32 Å². The number of hydrogen-bond acceptors (Lipinski definition) is 7. The minimum Gasteiger partial charge on any atom is -0.384 e. The van der Waals surface area contributed by atoms with E-state index in [0.29, 0.717) is 38.7 Å². The van der Waals surface area contributed by atoms with E-state index < -0.39 is 0 Å².